The Bertz CT molecular complexity index is 724. The normalized spacial score (nSPS) is 20.6. The third-order valence-corrected chi connectivity index (χ3v) is 5.89. The second-order valence-corrected chi connectivity index (χ2v) is 7.61. The van der Waals surface area contributed by atoms with Crippen molar-refractivity contribution < 1.29 is 9.21 Å². The van der Waals surface area contributed by atoms with E-state index < -0.39 is 0 Å². The summed E-state index contributed by atoms with van der Waals surface area (Å²) in [6.45, 7) is 6.94. The molecule has 1 fully saturated rings. The molecule has 2 aromatic rings. The number of amides is 1. The first kappa shape index (κ1) is 18.0. The summed E-state index contributed by atoms with van der Waals surface area (Å²) < 4.78 is 7.40. The zero-order chi connectivity index (χ0) is 17.8. The predicted molar refractivity (Wildman–Crippen MR) is 98.4 cm³/mol. The Morgan fingerprint density at radius 3 is 2.88 bits per heavy atom. The quantitative estimate of drug-likeness (QED) is 0.794. The molecule has 2 heterocycles. The predicted octanol–water partition coefficient (Wildman–Crippen LogP) is 3.65. The van der Waals surface area contributed by atoms with E-state index in [-0.39, 0.29) is 5.91 Å². The van der Waals surface area contributed by atoms with Gasteiger partial charge in [-0.15, -0.1) is 10.2 Å². The molecule has 6 nitrogen and oxygen atoms in total. The highest BCUT2D eigenvalue weighted by Gasteiger charge is 2.23. The van der Waals surface area contributed by atoms with Crippen LogP contribution in [-0.2, 0) is 11.3 Å². The lowest BCUT2D eigenvalue weighted by Crippen LogP contribution is -2.41. The molecule has 1 amide bonds. The van der Waals surface area contributed by atoms with Crippen molar-refractivity contribution in [1.82, 2.24) is 20.1 Å². The Balaban J connectivity index is 1.62. The number of rotatable bonds is 6. The van der Waals surface area contributed by atoms with Crippen LogP contribution in [0, 0.1) is 12.8 Å². The maximum absolute atomic E-state index is 12.3. The van der Waals surface area contributed by atoms with Crippen LogP contribution in [0.3, 0.4) is 0 Å². The summed E-state index contributed by atoms with van der Waals surface area (Å²) >= 11 is 1.44. The van der Waals surface area contributed by atoms with Crippen LogP contribution in [0.25, 0.3) is 11.4 Å². The molecule has 25 heavy (non-hydrogen) atoms. The number of furan rings is 1. The maximum Gasteiger partial charge on any atom is 0.230 e. The second kappa shape index (κ2) is 8.08. The summed E-state index contributed by atoms with van der Waals surface area (Å²) in [6.07, 6.45) is 6.44. The van der Waals surface area contributed by atoms with E-state index in [4.69, 9.17) is 4.42 Å². The topological polar surface area (TPSA) is 73.0 Å². The van der Waals surface area contributed by atoms with E-state index in [2.05, 4.69) is 29.4 Å². The number of hydrogen-bond donors (Lipinski definition) is 1. The number of carbonyl (C=O) groups excluding carboxylic acids is 1. The lowest BCUT2D eigenvalue weighted by atomic mass is 9.86. The average molecular weight is 362 g/mol. The number of nitrogens with one attached hydrogen (secondary N) is 1. The summed E-state index contributed by atoms with van der Waals surface area (Å²) in [4.78, 5) is 12.3. The van der Waals surface area contributed by atoms with Gasteiger partial charge in [0.25, 0.3) is 0 Å². The van der Waals surface area contributed by atoms with Gasteiger partial charge in [-0.05, 0) is 38.7 Å². The van der Waals surface area contributed by atoms with Crippen LogP contribution < -0.4 is 5.32 Å². The van der Waals surface area contributed by atoms with Crippen molar-refractivity contribution in [2.75, 3.05) is 5.75 Å². The van der Waals surface area contributed by atoms with E-state index in [1.807, 2.05) is 17.6 Å². The van der Waals surface area contributed by atoms with Gasteiger partial charge in [0.15, 0.2) is 11.0 Å². The average Bonchev–Trinajstić information content (AvgIpc) is 3.20. The van der Waals surface area contributed by atoms with Gasteiger partial charge in [0.05, 0.1) is 17.6 Å². The molecule has 0 bridgehead atoms. The van der Waals surface area contributed by atoms with Gasteiger partial charge in [-0.1, -0.05) is 31.5 Å². The first-order valence-corrected chi connectivity index (χ1v) is 9.98. The molecule has 0 aliphatic heterocycles. The molecular formula is C18H26N4O2S. The molecule has 0 radical (unpaired) electrons. The molecule has 1 saturated carbocycles. The van der Waals surface area contributed by atoms with Gasteiger partial charge in [-0.25, -0.2) is 0 Å². The number of carbonyl (C=O) groups is 1. The SMILES string of the molecule is CCn1c(SCC(=O)N[C@H]2CCCC[C@H]2C)nnc1-c1ccoc1C. The molecule has 2 aromatic heterocycles. The second-order valence-electron chi connectivity index (χ2n) is 6.67. The molecule has 2 atom stereocenters. The Labute approximate surface area is 152 Å². The molecule has 0 unspecified atom stereocenters. The van der Waals surface area contributed by atoms with Crippen LogP contribution in [0.15, 0.2) is 21.9 Å². The van der Waals surface area contributed by atoms with Crippen molar-refractivity contribution >= 4 is 17.7 Å². The monoisotopic (exact) mass is 362 g/mol. The van der Waals surface area contributed by atoms with Crippen LogP contribution in [-0.4, -0.2) is 32.5 Å². The molecule has 0 aromatic carbocycles. The van der Waals surface area contributed by atoms with E-state index in [0.29, 0.717) is 17.7 Å². The first-order valence-electron chi connectivity index (χ1n) is 9.00. The highest BCUT2D eigenvalue weighted by atomic mass is 32.2. The highest BCUT2D eigenvalue weighted by molar-refractivity contribution is 7.99. The van der Waals surface area contributed by atoms with E-state index in [1.165, 1.54) is 31.0 Å². The molecule has 0 saturated heterocycles. The third-order valence-electron chi connectivity index (χ3n) is 4.92. The van der Waals surface area contributed by atoms with Gasteiger partial charge in [0.2, 0.25) is 5.91 Å². The van der Waals surface area contributed by atoms with E-state index in [1.54, 1.807) is 6.26 Å². The summed E-state index contributed by atoms with van der Waals surface area (Å²) in [6, 6.07) is 2.21. The van der Waals surface area contributed by atoms with E-state index >= 15 is 0 Å². The van der Waals surface area contributed by atoms with Gasteiger partial charge in [0, 0.05) is 12.6 Å². The van der Waals surface area contributed by atoms with Gasteiger partial charge in [-0.2, -0.15) is 0 Å². The van der Waals surface area contributed by atoms with Crippen molar-refractivity contribution in [2.24, 2.45) is 5.92 Å². The van der Waals surface area contributed by atoms with E-state index in [0.717, 1.165) is 35.3 Å². The largest absolute Gasteiger partial charge is 0.469 e. The summed E-state index contributed by atoms with van der Waals surface area (Å²) in [7, 11) is 0. The van der Waals surface area contributed by atoms with Crippen LogP contribution in [0.4, 0.5) is 0 Å². The number of aryl methyl sites for hydroxylation is 1. The molecule has 0 spiro atoms. The minimum Gasteiger partial charge on any atom is -0.469 e. The van der Waals surface area contributed by atoms with E-state index in [9.17, 15) is 4.79 Å². The number of thioether (sulfide) groups is 1. The smallest absolute Gasteiger partial charge is 0.230 e. The van der Waals surface area contributed by atoms with Gasteiger partial charge in [0.1, 0.15) is 5.76 Å². The Morgan fingerprint density at radius 2 is 2.20 bits per heavy atom. The molecule has 1 N–H and O–H groups in total. The lowest BCUT2D eigenvalue weighted by Gasteiger charge is -2.29. The van der Waals surface area contributed by atoms with Gasteiger partial charge in [-0.3, -0.25) is 4.79 Å². The zero-order valence-corrected chi connectivity index (χ0v) is 15.9. The number of nitrogens with zero attached hydrogens (tertiary/aromatic N) is 3. The van der Waals surface area contributed by atoms with Crippen LogP contribution in [0.1, 0.15) is 45.3 Å². The van der Waals surface area contributed by atoms with Crippen molar-refractivity contribution in [1.29, 1.82) is 0 Å². The maximum atomic E-state index is 12.3. The van der Waals surface area contributed by atoms with Crippen molar-refractivity contribution in [3.8, 4) is 11.4 Å². The number of aromatic nitrogens is 3. The minimum absolute atomic E-state index is 0.0791. The van der Waals surface area contributed by atoms with Gasteiger partial charge >= 0.3 is 0 Å². The Kier molecular flexibility index (Phi) is 5.83. The zero-order valence-electron chi connectivity index (χ0n) is 15.1. The van der Waals surface area contributed by atoms with Crippen molar-refractivity contribution in [3.63, 3.8) is 0 Å². The highest BCUT2D eigenvalue weighted by Crippen LogP contribution is 2.27. The van der Waals surface area contributed by atoms with Crippen molar-refractivity contribution in [2.45, 2.75) is 64.2 Å². The lowest BCUT2D eigenvalue weighted by molar-refractivity contribution is -0.119. The Morgan fingerprint density at radius 1 is 1.40 bits per heavy atom. The molecule has 136 valence electrons. The summed E-state index contributed by atoms with van der Waals surface area (Å²) in [5.41, 5.74) is 0.946. The molecule has 1 aliphatic rings. The van der Waals surface area contributed by atoms with Gasteiger partial charge < -0.3 is 14.3 Å². The fraction of sp³-hybridized carbons (Fsp3) is 0.611. The van der Waals surface area contributed by atoms with Crippen LogP contribution in [0.5, 0.6) is 0 Å². The standard InChI is InChI=1S/C18H26N4O2S/c1-4-22-17(14-9-10-24-13(14)3)20-21-18(22)25-11-16(23)19-15-8-6-5-7-12(15)2/h9-10,12,15H,4-8,11H2,1-3H3,(H,19,23)/t12-,15+/m1/s1. The summed E-state index contributed by atoms with van der Waals surface area (Å²) in [5.74, 6) is 2.62. The summed E-state index contributed by atoms with van der Waals surface area (Å²) in [5, 5.41) is 12.5. The third kappa shape index (κ3) is 4.08. The Hall–Kier alpha value is -1.76. The molecule has 3 rings (SSSR count). The van der Waals surface area contributed by atoms with Crippen LogP contribution >= 0.6 is 11.8 Å². The van der Waals surface area contributed by atoms with Crippen LogP contribution in [0.2, 0.25) is 0 Å². The molecular weight excluding hydrogens is 336 g/mol. The fourth-order valence-corrected chi connectivity index (χ4v) is 4.22. The molecule has 7 heteroatoms. The fourth-order valence-electron chi connectivity index (χ4n) is 3.41. The number of hydrogen-bond acceptors (Lipinski definition) is 5. The minimum atomic E-state index is 0.0791. The first-order chi connectivity index (χ1) is 12.1. The molecule has 1 aliphatic carbocycles. The van der Waals surface area contributed by atoms with Crippen molar-refractivity contribution in [3.05, 3.63) is 18.1 Å².